The molecule has 19 heavy (non-hydrogen) atoms. The van der Waals surface area contributed by atoms with Crippen molar-refractivity contribution >= 4 is 11.5 Å². The van der Waals surface area contributed by atoms with Gasteiger partial charge in [0.2, 0.25) is 0 Å². The maximum atomic E-state index is 11.6. The normalized spacial score (nSPS) is 30.5. The zero-order valence-electron chi connectivity index (χ0n) is 9.58. The summed E-state index contributed by atoms with van der Waals surface area (Å²) in [5, 5.41) is 30.9. The van der Waals surface area contributed by atoms with Gasteiger partial charge in [0.05, 0.1) is 6.61 Å². The number of nitrogen functional groups attached to an aromatic ring is 1. The van der Waals surface area contributed by atoms with E-state index in [1.807, 2.05) is 0 Å². The Hall–Kier alpha value is -1.88. The molecular formula is C9H12N4O6. The summed E-state index contributed by atoms with van der Waals surface area (Å²) in [6.45, 7) is -0.537. The predicted octanol–water partition coefficient (Wildman–Crippen LogP) is -2.17. The third kappa shape index (κ3) is 2.21. The van der Waals surface area contributed by atoms with Crippen molar-refractivity contribution in [3.8, 4) is 0 Å². The summed E-state index contributed by atoms with van der Waals surface area (Å²) in [6, 6.07) is 0. The van der Waals surface area contributed by atoms with Crippen LogP contribution in [-0.2, 0) is 4.74 Å². The lowest BCUT2D eigenvalue weighted by Gasteiger charge is -2.17. The molecule has 0 bridgehead atoms. The minimum absolute atomic E-state index is 0.294. The number of aliphatic hydroxyl groups excluding tert-OH is 3. The highest BCUT2D eigenvalue weighted by atomic mass is 16.6. The Balaban J connectivity index is 2.43. The third-order valence-electron chi connectivity index (χ3n) is 2.85. The SMILES string of the molecule is Nc1nc(=O)n([C@@H]2O[C@H](CO)C(O)C2O)cc1N=O. The van der Waals surface area contributed by atoms with E-state index >= 15 is 0 Å². The van der Waals surface area contributed by atoms with Crippen LogP contribution < -0.4 is 11.4 Å². The lowest BCUT2D eigenvalue weighted by molar-refractivity contribution is -0.0548. The Morgan fingerprint density at radius 3 is 2.68 bits per heavy atom. The van der Waals surface area contributed by atoms with E-state index in [4.69, 9.17) is 15.6 Å². The van der Waals surface area contributed by atoms with E-state index in [-0.39, 0.29) is 11.5 Å². The highest BCUT2D eigenvalue weighted by Gasteiger charge is 2.43. The lowest BCUT2D eigenvalue weighted by Crippen LogP contribution is -2.36. The van der Waals surface area contributed by atoms with Crippen LogP contribution in [0.25, 0.3) is 0 Å². The van der Waals surface area contributed by atoms with Crippen molar-refractivity contribution in [3.05, 3.63) is 21.6 Å². The van der Waals surface area contributed by atoms with Crippen molar-refractivity contribution in [3.63, 3.8) is 0 Å². The fraction of sp³-hybridized carbons (Fsp3) is 0.556. The highest BCUT2D eigenvalue weighted by molar-refractivity contribution is 5.54. The first-order valence-corrected chi connectivity index (χ1v) is 5.34. The molecule has 2 heterocycles. The monoisotopic (exact) mass is 272 g/mol. The van der Waals surface area contributed by atoms with Crippen LogP contribution in [0.3, 0.4) is 0 Å². The number of aliphatic hydroxyl groups is 3. The molecule has 1 aromatic rings. The quantitative estimate of drug-likeness (QED) is 0.452. The minimum Gasteiger partial charge on any atom is -0.394 e. The van der Waals surface area contributed by atoms with Crippen LogP contribution >= 0.6 is 0 Å². The Morgan fingerprint density at radius 2 is 2.16 bits per heavy atom. The molecule has 1 aromatic heterocycles. The first-order valence-electron chi connectivity index (χ1n) is 5.34. The first kappa shape index (κ1) is 13.5. The molecule has 1 fully saturated rings. The number of anilines is 1. The average Bonchev–Trinajstić information content (AvgIpc) is 2.67. The van der Waals surface area contributed by atoms with Crippen LogP contribution in [0, 0.1) is 4.91 Å². The number of ether oxygens (including phenoxy) is 1. The number of nitrogens with zero attached hydrogens (tertiary/aromatic N) is 3. The van der Waals surface area contributed by atoms with E-state index in [2.05, 4.69) is 10.2 Å². The number of nitroso groups, excluding NO2 is 1. The number of rotatable bonds is 3. The topological polar surface area (TPSA) is 160 Å². The molecule has 10 heteroatoms. The van der Waals surface area contributed by atoms with Gasteiger partial charge in [0.1, 0.15) is 18.3 Å². The minimum atomic E-state index is -1.46. The molecule has 0 aliphatic carbocycles. The highest BCUT2D eigenvalue weighted by Crippen LogP contribution is 2.29. The van der Waals surface area contributed by atoms with E-state index in [9.17, 15) is 19.9 Å². The number of hydrogen-bond donors (Lipinski definition) is 4. The fourth-order valence-corrected chi connectivity index (χ4v) is 1.83. The van der Waals surface area contributed by atoms with Crippen LogP contribution in [0.15, 0.2) is 16.2 Å². The summed E-state index contributed by atoms with van der Waals surface area (Å²) >= 11 is 0. The second-order valence-corrected chi connectivity index (χ2v) is 4.02. The molecular weight excluding hydrogens is 260 g/mol. The van der Waals surface area contributed by atoms with E-state index in [0.29, 0.717) is 0 Å². The molecule has 2 unspecified atom stereocenters. The van der Waals surface area contributed by atoms with Gasteiger partial charge in [-0.3, -0.25) is 4.57 Å². The van der Waals surface area contributed by atoms with Gasteiger partial charge in [-0.25, -0.2) is 4.79 Å². The maximum absolute atomic E-state index is 11.6. The van der Waals surface area contributed by atoms with Crippen LogP contribution in [0.4, 0.5) is 11.5 Å². The molecule has 0 spiro atoms. The van der Waals surface area contributed by atoms with Gasteiger partial charge in [0.15, 0.2) is 17.7 Å². The lowest BCUT2D eigenvalue weighted by atomic mass is 10.1. The molecule has 1 aliphatic rings. The van der Waals surface area contributed by atoms with Gasteiger partial charge >= 0.3 is 5.69 Å². The molecule has 0 amide bonds. The summed E-state index contributed by atoms with van der Waals surface area (Å²) in [7, 11) is 0. The standard InChI is InChI=1S/C9H12N4O6/c10-7-3(12-18)1-13(9(17)11-7)8-6(16)5(15)4(2-14)19-8/h1,4-6,8,14-16H,2H2,(H2,10,11,17)/t4-,5?,6?,8-/m1/s1. The van der Waals surface area contributed by atoms with Gasteiger partial charge in [-0.05, 0) is 5.18 Å². The molecule has 4 atom stereocenters. The second-order valence-electron chi connectivity index (χ2n) is 4.02. The van der Waals surface area contributed by atoms with E-state index in [0.717, 1.165) is 10.8 Å². The van der Waals surface area contributed by atoms with Gasteiger partial charge in [-0.2, -0.15) is 4.98 Å². The zero-order chi connectivity index (χ0) is 14.2. The molecule has 0 saturated carbocycles. The Bertz CT molecular complexity index is 546. The van der Waals surface area contributed by atoms with Crippen molar-refractivity contribution in [2.24, 2.45) is 5.18 Å². The van der Waals surface area contributed by atoms with Gasteiger partial charge in [0.25, 0.3) is 0 Å². The molecule has 0 aromatic carbocycles. The molecule has 104 valence electrons. The Morgan fingerprint density at radius 1 is 1.47 bits per heavy atom. The van der Waals surface area contributed by atoms with Crippen molar-refractivity contribution in [1.29, 1.82) is 0 Å². The number of hydrogen-bond acceptors (Lipinski definition) is 9. The van der Waals surface area contributed by atoms with Gasteiger partial charge in [0, 0.05) is 6.20 Å². The molecule has 0 radical (unpaired) electrons. The third-order valence-corrected chi connectivity index (χ3v) is 2.85. The van der Waals surface area contributed by atoms with Crippen LogP contribution in [0.1, 0.15) is 6.23 Å². The van der Waals surface area contributed by atoms with Crippen molar-refractivity contribution in [1.82, 2.24) is 9.55 Å². The fourth-order valence-electron chi connectivity index (χ4n) is 1.83. The van der Waals surface area contributed by atoms with Gasteiger partial charge in [-0.1, -0.05) is 0 Å². The van der Waals surface area contributed by atoms with Gasteiger partial charge in [-0.15, -0.1) is 4.91 Å². The largest absolute Gasteiger partial charge is 0.394 e. The summed E-state index contributed by atoms with van der Waals surface area (Å²) in [4.78, 5) is 25.5. The maximum Gasteiger partial charge on any atom is 0.351 e. The average molecular weight is 272 g/mol. The zero-order valence-corrected chi connectivity index (χ0v) is 9.58. The molecule has 5 N–H and O–H groups in total. The summed E-state index contributed by atoms with van der Waals surface area (Å²) in [5.74, 6) is -0.344. The second kappa shape index (κ2) is 5.01. The first-order chi connectivity index (χ1) is 8.99. The van der Waals surface area contributed by atoms with Crippen molar-refractivity contribution in [2.45, 2.75) is 24.5 Å². The number of aromatic nitrogens is 2. The summed E-state index contributed by atoms with van der Waals surface area (Å²) in [5.41, 5.74) is 4.13. The molecule has 10 nitrogen and oxygen atoms in total. The van der Waals surface area contributed by atoms with Crippen LogP contribution in [0.2, 0.25) is 0 Å². The molecule has 1 saturated heterocycles. The predicted molar refractivity (Wildman–Crippen MR) is 61.4 cm³/mol. The molecule has 1 aliphatic heterocycles. The van der Waals surface area contributed by atoms with Crippen molar-refractivity contribution in [2.75, 3.05) is 12.3 Å². The summed E-state index contributed by atoms with van der Waals surface area (Å²) < 4.78 is 5.92. The van der Waals surface area contributed by atoms with Crippen LogP contribution in [0.5, 0.6) is 0 Å². The van der Waals surface area contributed by atoms with E-state index in [1.54, 1.807) is 0 Å². The molecule has 2 rings (SSSR count). The van der Waals surface area contributed by atoms with E-state index in [1.165, 1.54) is 0 Å². The smallest absolute Gasteiger partial charge is 0.351 e. The van der Waals surface area contributed by atoms with E-state index < -0.39 is 36.8 Å². The van der Waals surface area contributed by atoms with Crippen LogP contribution in [-0.4, -0.2) is 49.8 Å². The Labute approximate surface area is 106 Å². The summed E-state index contributed by atoms with van der Waals surface area (Å²) in [6.07, 6.45) is -4.19. The Kier molecular flexibility index (Phi) is 3.57. The number of nitrogens with two attached hydrogens (primary N) is 1. The van der Waals surface area contributed by atoms with Gasteiger partial charge < -0.3 is 25.8 Å². The van der Waals surface area contributed by atoms with Crippen molar-refractivity contribution < 1.29 is 20.1 Å².